The molecular formula is C8H12N4O2. The van der Waals surface area contributed by atoms with Crippen LogP contribution < -0.4 is 11.5 Å². The molecule has 1 aromatic rings. The van der Waals surface area contributed by atoms with Crippen LogP contribution in [0.15, 0.2) is 6.20 Å². The van der Waals surface area contributed by atoms with E-state index in [1.54, 1.807) is 6.92 Å². The highest BCUT2D eigenvalue weighted by Gasteiger charge is 2.14. The molecule has 1 rings (SSSR count). The molecule has 1 heterocycles. The second-order valence-corrected chi connectivity index (χ2v) is 2.98. The SMILES string of the molecule is Cc1ncc(C[C@H](N)C(=O)O)c(N)n1. The third-order valence-electron chi connectivity index (χ3n) is 1.78. The van der Waals surface area contributed by atoms with Crippen molar-refractivity contribution >= 4 is 11.8 Å². The molecule has 0 aromatic carbocycles. The summed E-state index contributed by atoms with van der Waals surface area (Å²) in [6.45, 7) is 1.71. The largest absolute Gasteiger partial charge is 0.480 e. The zero-order valence-corrected chi connectivity index (χ0v) is 7.77. The highest BCUT2D eigenvalue weighted by molar-refractivity contribution is 5.73. The first kappa shape index (κ1) is 10.4. The zero-order valence-electron chi connectivity index (χ0n) is 7.77. The lowest BCUT2D eigenvalue weighted by Gasteiger charge is -2.07. The molecule has 6 nitrogen and oxygen atoms in total. The zero-order chi connectivity index (χ0) is 10.7. The van der Waals surface area contributed by atoms with Gasteiger partial charge in [-0.25, -0.2) is 9.97 Å². The van der Waals surface area contributed by atoms with Crippen molar-refractivity contribution in [2.45, 2.75) is 19.4 Å². The van der Waals surface area contributed by atoms with Gasteiger partial charge < -0.3 is 16.6 Å². The molecule has 6 heteroatoms. The highest BCUT2D eigenvalue weighted by atomic mass is 16.4. The molecule has 0 aliphatic rings. The number of aryl methyl sites for hydroxylation is 1. The van der Waals surface area contributed by atoms with Crippen molar-refractivity contribution in [3.05, 3.63) is 17.6 Å². The molecule has 0 aliphatic carbocycles. The number of rotatable bonds is 3. The van der Waals surface area contributed by atoms with Crippen molar-refractivity contribution in [1.82, 2.24) is 9.97 Å². The van der Waals surface area contributed by atoms with Crippen molar-refractivity contribution < 1.29 is 9.90 Å². The van der Waals surface area contributed by atoms with E-state index in [1.165, 1.54) is 6.20 Å². The lowest BCUT2D eigenvalue weighted by Crippen LogP contribution is -2.32. The van der Waals surface area contributed by atoms with Gasteiger partial charge in [-0.05, 0) is 6.92 Å². The van der Waals surface area contributed by atoms with Crippen molar-refractivity contribution in [1.29, 1.82) is 0 Å². The molecule has 0 aliphatic heterocycles. The Bertz CT molecular complexity index is 353. The van der Waals surface area contributed by atoms with Crippen LogP contribution in [0.25, 0.3) is 0 Å². The normalized spacial score (nSPS) is 12.4. The molecule has 0 radical (unpaired) electrons. The van der Waals surface area contributed by atoms with Crippen LogP contribution in [0.4, 0.5) is 5.82 Å². The Morgan fingerprint density at radius 2 is 2.36 bits per heavy atom. The van der Waals surface area contributed by atoms with Crippen molar-refractivity contribution in [2.75, 3.05) is 5.73 Å². The van der Waals surface area contributed by atoms with Gasteiger partial charge in [0.1, 0.15) is 17.7 Å². The predicted octanol–water partition coefficient (Wildman–Crippen LogP) is -0.678. The van der Waals surface area contributed by atoms with E-state index in [1.807, 2.05) is 0 Å². The van der Waals surface area contributed by atoms with Crippen LogP contribution in [0.1, 0.15) is 11.4 Å². The first-order valence-corrected chi connectivity index (χ1v) is 4.07. The Hall–Kier alpha value is -1.69. The Morgan fingerprint density at radius 3 is 2.86 bits per heavy atom. The standard InChI is InChI=1S/C8H12N4O2/c1-4-11-3-5(7(10)12-4)2-6(9)8(13)14/h3,6H,2,9H2,1H3,(H,13,14)(H2,10,11,12)/t6-/m0/s1. The van der Waals surface area contributed by atoms with Gasteiger partial charge in [-0.1, -0.05) is 0 Å². The number of aliphatic carboxylic acids is 1. The van der Waals surface area contributed by atoms with Gasteiger partial charge in [-0.3, -0.25) is 4.79 Å². The van der Waals surface area contributed by atoms with Gasteiger partial charge in [0.05, 0.1) is 0 Å². The smallest absolute Gasteiger partial charge is 0.320 e. The number of aromatic nitrogens is 2. The summed E-state index contributed by atoms with van der Waals surface area (Å²) in [6, 6.07) is -0.969. The number of nitrogens with zero attached hydrogens (tertiary/aromatic N) is 2. The van der Waals surface area contributed by atoms with Gasteiger partial charge in [0.15, 0.2) is 0 Å². The maximum Gasteiger partial charge on any atom is 0.320 e. The van der Waals surface area contributed by atoms with Crippen LogP contribution in [0.3, 0.4) is 0 Å². The molecule has 0 spiro atoms. The fourth-order valence-electron chi connectivity index (χ4n) is 0.994. The van der Waals surface area contributed by atoms with Gasteiger partial charge in [0, 0.05) is 18.2 Å². The maximum absolute atomic E-state index is 10.5. The molecule has 0 unspecified atom stereocenters. The second-order valence-electron chi connectivity index (χ2n) is 2.98. The molecule has 0 amide bonds. The van der Waals surface area contributed by atoms with E-state index in [2.05, 4.69) is 9.97 Å². The summed E-state index contributed by atoms with van der Waals surface area (Å²) in [5, 5.41) is 8.58. The molecule has 5 N–H and O–H groups in total. The topological polar surface area (TPSA) is 115 Å². The van der Waals surface area contributed by atoms with Crippen LogP contribution in [0, 0.1) is 6.92 Å². The van der Waals surface area contributed by atoms with Crippen LogP contribution >= 0.6 is 0 Å². The minimum Gasteiger partial charge on any atom is -0.480 e. The van der Waals surface area contributed by atoms with Crippen molar-refractivity contribution in [3.8, 4) is 0 Å². The van der Waals surface area contributed by atoms with Crippen LogP contribution in [-0.4, -0.2) is 27.1 Å². The van der Waals surface area contributed by atoms with Gasteiger partial charge in [-0.2, -0.15) is 0 Å². The Kier molecular flexibility index (Phi) is 2.98. The van der Waals surface area contributed by atoms with E-state index in [9.17, 15) is 4.79 Å². The number of hydrogen-bond donors (Lipinski definition) is 3. The van der Waals surface area contributed by atoms with Crippen LogP contribution in [-0.2, 0) is 11.2 Å². The Labute approximate surface area is 81.0 Å². The number of hydrogen-bond acceptors (Lipinski definition) is 5. The predicted molar refractivity (Wildman–Crippen MR) is 50.5 cm³/mol. The van der Waals surface area contributed by atoms with Crippen LogP contribution in [0.2, 0.25) is 0 Å². The Balaban J connectivity index is 2.82. The van der Waals surface area contributed by atoms with Gasteiger partial charge in [-0.15, -0.1) is 0 Å². The number of nitrogen functional groups attached to an aromatic ring is 1. The Morgan fingerprint density at radius 1 is 1.71 bits per heavy atom. The van der Waals surface area contributed by atoms with E-state index in [0.29, 0.717) is 11.4 Å². The summed E-state index contributed by atoms with van der Waals surface area (Å²) in [5.74, 6) is -0.227. The van der Waals surface area contributed by atoms with Crippen molar-refractivity contribution in [2.24, 2.45) is 5.73 Å². The lowest BCUT2D eigenvalue weighted by atomic mass is 10.1. The van der Waals surface area contributed by atoms with Gasteiger partial charge in [0.25, 0.3) is 0 Å². The summed E-state index contributed by atoms with van der Waals surface area (Å²) >= 11 is 0. The molecule has 1 atom stereocenters. The first-order valence-electron chi connectivity index (χ1n) is 4.07. The van der Waals surface area contributed by atoms with E-state index in [0.717, 1.165) is 0 Å². The minimum absolute atomic E-state index is 0.140. The summed E-state index contributed by atoms with van der Waals surface area (Å²) < 4.78 is 0. The average molecular weight is 196 g/mol. The molecule has 0 saturated carbocycles. The molecule has 0 fully saturated rings. The number of anilines is 1. The summed E-state index contributed by atoms with van der Waals surface area (Å²) in [6.07, 6.45) is 1.64. The lowest BCUT2D eigenvalue weighted by molar-refractivity contribution is -0.138. The minimum atomic E-state index is -1.06. The molecule has 76 valence electrons. The second kappa shape index (κ2) is 4.01. The van der Waals surface area contributed by atoms with Gasteiger partial charge >= 0.3 is 5.97 Å². The van der Waals surface area contributed by atoms with Crippen LogP contribution in [0.5, 0.6) is 0 Å². The number of carbonyl (C=O) groups is 1. The number of nitrogens with two attached hydrogens (primary N) is 2. The quantitative estimate of drug-likeness (QED) is 0.590. The number of carboxylic acids is 1. The third kappa shape index (κ3) is 2.40. The fourth-order valence-corrected chi connectivity index (χ4v) is 0.994. The van der Waals surface area contributed by atoms with E-state index in [4.69, 9.17) is 16.6 Å². The summed E-state index contributed by atoms with van der Waals surface area (Å²) in [7, 11) is 0. The van der Waals surface area contributed by atoms with E-state index < -0.39 is 12.0 Å². The monoisotopic (exact) mass is 196 g/mol. The summed E-state index contributed by atoms with van der Waals surface area (Å²) in [5.41, 5.74) is 11.5. The third-order valence-corrected chi connectivity index (χ3v) is 1.78. The highest BCUT2D eigenvalue weighted by Crippen LogP contribution is 2.09. The van der Waals surface area contributed by atoms with E-state index >= 15 is 0 Å². The first-order chi connectivity index (χ1) is 6.50. The fraction of sp³-hybridized carbons (Fsp3) is 0.375. The summed E-state index contributed by atoms with van der Waals surface area (Å²) in [4.78, 5) is 18.3. The molecule has 0 bridgehead atoms. The van der Waals surface area contributed by atoms with Crippen molar-refractivity contribution in [3.63, 3.8) is 0 Å². The maximum atomic E-state index is 10.5. The van der Waals surface area contributed by atoms with Gasteiger partial charge in [0.2, 0.25) is 0 Å². The van der Waals surface area contributed by atoms with E-state index in [-0.39, 0.29) is 12.2 Å². The molecule has 14 heavy (non-hydrogen) atoms. The molecule has 0 saturated heterocycles. The number of carboxylic acid groups (broad SMARTS) is 1. The molecular weight excluding hydrogens is 184 g/mol. The molecule has 1 aromatic heterocycles. The average Bonchev–Trinajstić information content (AvgIpc) is 2.09.